The molecule has 0 bridgehead atoms. The van der Waals surface area contributed by atoms with Crippen LogP contribution < -0.4 is 5.73 Å². The number of aromatic nitrogens is 2. The first kappa shape index (κ1) is 18.8. The van der Waals surface area contributed by atoms with Crippen LogP contribution in [0.5, 0.6) is 0 Å². The first-order chi connectivity index (χ1) is 14.0. The average molecular weight is 386 g/mol. The van der Waals surface area contributed by atoms with Crippen molar-refractivity contribution >= 4 is 17.7 Å². The fraction of sp³-hybridized carbons (Fsp3) is 0.217. The van der Waals surface area contributed by atoms with Crippen LogP contribution in [0.2, 0.25) is 0 Å². The molecule has 0 spiro atoms. The number of nitrogens with zero attached hydrogens (tertiary/aromatic N) is 3. The topological polar surface area (TPSA) is 111 Å². The number of benzene rings is 2. The van der Waals surface area contributed by atoms with E-state index in [9.17, 15) is 0 Å². The molecule has 0 unspecified atom stereocenters. The van der Waals surface area contributed by atoms with Gasteiger partial charge in [0.05, 0.1) is 11.0 Å². The van der Waals surface area contributed by atoms with E-state index in [2.05, 4.69) is 15.0 Å². The minimum absolute atomic E-state index is 0.139. The summed E-state index contributed by atoms with van der Waals surface area (Å²) in [5.74, 6) is 0.657. The van der Waals surface area contributed by atoms with Crippen molar-refractivity contribution in [2.75, 3.05) is 5.73 Å². The largest absolute Gasteiger partial charge is 0.578 e. The summed E-state index contributed by atoms with van der Waals surface area (Å²) in [6.45, 7) is 1.99. The van der Waals surface area contributed by atoms with Gasteiger partial charge in [0.25, 0.3) is 0 Å². The molecule has 3 aromatic rings. The summed E-state index contributed by atoms with van der Waals surface area (Å²) >= 11 is 0. The molecule has 4 rings (SSSR count). The first-order valence-corrected chi connectivity index (χ1v) is 9.63. The molecule has 2 aromatic carbocycles. The van der Waals surface area contributed by atoms with Gasteiger partial charge >= 0.3 is 5.90 Å². The first-order valence-electron chi connectivity index (χ1n) is 9.63. The van der Waals surface area contributed by atoms with Crippen molar-refractivity contribution in [3.8, 4) is 11.1 Å². The molecule has 1 fully saturated rings. The van der Waals surface area contributed by atoms with Crippen molar-refractivity contribution < 1.29 is 5.11 Å². The maximum Gasteiger partial charge on any atom is 0.366 e. The van der Waals surface area contributed by atoms with Crippen LogP contribution in [0.1, 0.15) is 36.0 Å². The second kappa shape index (κ2) is 7.47. The van der Waals surface area contributed by atoms with Crippen molar-refractivity contribution in [2.24, 2.45) is 4.99 Å². The standard InChI is InChI=1S/C23H23N5O/c1-15-4-2-5-17(12-15)20(29)28-21(24)23(10-3-11-23)19-8-6-16(7-9-19)18-13-26-22(25)27-14-18/h2,4-9,12-14H,3,10-11H2,1H3,(H2,24,28,29)(H2,25,26,27)/p+1. The SMILES string of the molecule is Cc1cccc(C([OH2+])=NC(=N)C2(c3ccc(-c4cnc(N)nc4)cc3)CCC2)c1. The zero-order valence-corrected chi connectivity index (χ0v) is 16.3. The Labute approximate surface area is 169 Å². The highest BCUT2D eigenvalue weighted by atomic mass is 16.3. The van der Waals surface area contributed by atoms with Crippen molar-refractivity contribution in [3.63, 3.8) is 0 Å². The molecule has 6 nitrogen and oxygen atoms in total. The van der Waals surface area contributed by atoms with E-state index in [1.165, 1.54) is 0 Å². The third-order valence-corrected chi connectivity index (χ3v) is 5.62. The van der Waals surface area contributed by atoms with Gasteiger partial charge in [0.1, 0.15) is 5.84 Å². The number of anilines is 1. The molecule has 1 aromatic heterocycles. The lowest BCUT2D eigenvalue weighted by Crippen LogP contribution is -2.41. The Bertz CT molecular complexity index is 1070. The maximum absolute atomic E-state index is 8.66. The molecule has 6 heteroatoms. The summed E-state index contributed by atoms with van der Waals surface area (Å²) in [4.78, 5) is 12.5. The monoisotopic (exact) mass is 386 g/mol. The molecule has 1 aliphatic carbocycles. The van der Waals surface area contributed by atoms with Gasteiger partial charge in [-0.2, -0.15) is 0 Å². The van der Waals surface area contributed by atoms with E-state index in [1.807, 2.05) is 55.5 Å². The van der Waals surface area contributed by atoms with Crippen molar-refractivity contribution in [1.82, 2.24) is 9.97 Å². The molecule has 1 saturated carbocycles. The highest BCUT2D eigenvalue weighted by Gasteiger charge is 2.43. The molecule has 29 heavy (non-hydrogen) atoms. The van der Waals surface area contributed by atoms with Gasteiger partial charge in [-0.25, -0.2) is 9.97 Å². The number of hydrogen-bond acceptors (Lipinski definition) is 4. The molecular weight excluding hydrogens is 362 g/mol. The number of amidine groups is 1. The number of nitrogens with one attached hydrogen (secondary N) is 1. The van der Waals surface area contributed by atoms with E-state index in [4.69, 9.17) is 16.2 Å². The summed E-state index contributed by atoms with van der Waals surface area (Å²) in [6, 6.07) is 15.8. The van der Waals surface area contributed by atoms with Crippen molar-refractivity contribution in [2.45, 2.75) is 31.6 Å². The van der Waals surface area contributed by atoms with E-state index < -0.39 is 5.41 Å². The van der Waals surface area contributed by atoms with Gasteiger partial charge in [-0.15, -0.1) is 4.99 Å². The molecule has 0 atom stereocenters. The lowest BCUT2D eigenvalue weighted by Gasteiger charge is -2.41. The van der Waals surface area contributed by atoms with Gasteiger partial charge in [0.15, 0.2) is 0 Å². The summed E-state index contributed by atoms with van der Waals surface area (Å²) in [7, 11) is 0. The number of aliphatic imine (C=N–C) groups is 1. The van der Waals surface area contributed by atoms with Gasteiger partial charge in [0, 0.05) is 18.0 Å². The lowest BCUT2D eigenvalue weighted by atomic mass is 9.63. The highest BCUT2D eigenvalue weighted by molar-refractivity contribution is 6.05. The summed E-state index contributed by atoms with van der Waals surface area (Å²) in [5.41, 5.74) is 9.93. The van der Waals surface area contributed by atoms with E-state index in [-0.39, 0.29) is 17.7 Å². The van der Waals surface area contributed by atoms with Crippen LogP contribution in [0.3, 0.4) is 0 Å². The van der Waals surface area contributed by atoms with Gasteiger partial charge in [-0.3, -0.25) is 5.41 Å². The van der Waals surface area contributed by atoms with Crippen LogP contribution in [0.15, 0.2) is 65.9 Å². The van der Waals surface area contributed by atoms with Crippen LogP contribution in [0.25, 0.3) is 11.1 Å². The predicted octanol–water partition coefficient (Wildman–Crippen LogP) is 3.60. The molecule has 146 valence electrons. The maximum atomic E-state index is 8.66. The molecule has 0 saturated heterocycles. The van der Waals surface area contributed by atoms with Gasteiger partial charge in [-0.1, -0.05) is 48.4 Å². The van der Waals surface area contributed by atoms with E-state index in [1.54, 1.807) is 12.4 Å². The summed E-state index contributed by atoms with van der Waals surface area (Å²) in [5, 5.41) is 17.0. The zero-order valence-electron chi connectivity index (χ0n) is 16.3. The molecule has 5 N–H and O–H groups in total. The smallest absolute Gasteiger partial charge is 0.366 e. The number of nitrogens with two attached hydrogens (primary N) is 1. The fourth-order valence-corrected chi connectivity index (χ4v) is 3.74. The molecular formula is C23H24N5O+. The Morgan fingerprint density at radius 2 is 1.76 bits per heavy atom. The van der Waals surface area contributed by atoms with Crippen molar-refractivity contribution in [3.05, 3.63) is 77.6 Å². The van der Waals surface area contributed by atoms with E-state index in [0.29, 0.717) is 0 Å². The van der Waals surface area contributed by atoms with E-state index in [0.717, 1.165) is 47.1 Å². The van der Waals surface area contributed by atoms with Crippen LogP contribution in [-0.4, -0.2) is 26.8 Å². The Morgan fingerprint density at radius 3 is 2.34 bits per heavy atom. The Balaban J connectivity index is 1.61. The normalized spacial score (nSPS) is 15.6. The van der Waals surface area contributed by atoms with Crippen LogP contribution in [0, 0.1) is 12.3 Å². The second-order valence-electron chi connectivity index (χ2n) is 7.52. The van der Waals surface area contributed by atoms with Gasteiger partial charge in [0.2, 0.25) is 5.95 Å². The Kier molecular flexibility index (Phi) is 4.84. The summed E-state index contributed by atoms with van der Waals surface area (Å²) < 4.78 is 0. The zero-order chi connectivity index (χ0) is 20.4. The predicted molar refractivity (Wildman–Crippen MR) is 116 cm³/mol. The van der Waals surface area contributed by atoms with Crippen LogP contribution in [-0.2, 0) is 5.41 Å². The fourth-order valence-electron chi connectivity index (χ4n) is 3.74. The second-order valence-corrected chi connectivity index (χ2v) is 7.52. The highest BCUT2D eigenvalue weighted by Crippen LogP contribution is 2.45. The van der Waals surface area contributed by atoms with E-state index >= 15 is 0 Å². The number of rotatable bonds is 4. The van der Waals surface area contributed by atoms with Crippen LogP contribution >= 0.6 is 0 Å². The third-order valence-electron chi connectivity index (χ3n) is 5.62. The minimum Gasteiger partial charge on any atom is -0.578 e. The van der Waals surface area contributed by atoms with Crippen LogP contribution in [0.4, 0.5) is 5.95 Å². The lowest BCUT2D eigenvalue weighted by molar-refractivity contribution is 0.336. The molecule has 0 aliphatic heterocycles. The Morgan fingerprint density at radius 1 is 1.07 bits per heavy atom. The summed E-state index contributed by atoms with van der Waals surface area (Å²) in [6.07, 6.45) is 6.22. The minimum atomic E-state index is -0.410. The third kappa shape index (κ3) is 3.61. The van der Waals surface area contributed by atoms with Crippen molar-refractivity contribution in [1.29, 1.82) is 5.41 Å². The number of nitrogen functional groups attached to an aromatic ring is 1. The molecule has 0 amide bonds. The quantitative estimate of drug-likeness (QED) is 0.406. The van der Waals surface area contributed by atoms with Gasteiger partial charge in [-0.05, 0) is 43.0 Å². The molecule has 1 heterocycles. The average Bonchev–Trinajstić information content (AvgIpc) is 2.68. The number of aryl methyl sites for hydroxylation is 1. The van der Waals surface area contributed by atoms with Gasteiger partial charge < -0.3 is 10.8 Å². The Hall–Kier alpha value is -3.54. The molecule has 0 radical (unpaired) electrons. The number of hydrogen-bond donors (Lipinski definition) is 2. The molecule has 1 aliphatic rings.